The van der Waals surface area contributed by atoms with Gasteiger partial charge in [-0.3, -0.25) is 4.79 Å². The maximum Gasteiger partial charge on any atom is 0.326 e. The molecule has 0 aromatic heterocycles. The molecular formula is C13H15BrClNO3. The van der Waals surface area contributed by atoms with E-state index in [2.05, 4.69) is 21.2 Å². The third-order valence-corrected chi connectivity index (χ3v) is 3.72. The summed E-state index contributed by atoms with van der Waals surface area (Å²) in [5.74, 6) is -1.30. The smallest absolute Gasteiger partial charge is 0.326 e. The summed E-state index contributed by atoms with van der Waals surface area (Å²) in [6, 6.07) is 3.83. The molecule has 104 valence electrons. The molecule has 0 spiro atoms. The van der Waals surface area contributed by atoms with E-state index in [-0.39, 0.29) is 5.92 Å². The second-order valence-electron chi connectivity index (χ2n) is 4.62. The van der Waals surface area contributed by atoms with Gasteiger partial charge >= 0.3 is 5.97 Å². The van der Waals surface area contributed by atoms with Gasteiger partial charge < -0.3 is 10.4 Å². The molecule has 2 N–H and O–H groups in total. The first-order valence-electron chi connectivity index (χ1n) is 5.80. The average Bonchev–Trinajstić information content (AvgIpc) is 2.31. The molecule has 0 bridgehead atoms. The van der Waals surface area contributed by atoms with E-state index in [0.717, 1.165) is 0 Å². The molecule has 0 saturated heterocycles. The van der Waals surface area contributed by atoms with Crippen LogP contribution in [0.15, 0.2) is 22.7 Å². The molecule has 0 aliphatic carbocycles. The van der Waals surface area contributed by atoms with Gasteiger partial charge in [-0.05, 0) is 46.5 Å². The van der Waals surface area contributed by atoms with Crippen molar-refractivity contribution in [3.63, 3.8) is 0 Å². The number of hydrogen-bond donors (Lipinski definition) is 2. The topological polar surface area (TPSA) is 66.4 Å². The number of carbonyl (C=O) groups is 2. The van der Waals surface area contributed by atoms with Crippen LogP contribution < -0.4 is 5.32 Å². The molecular weight excluding hydrogens is 334 g/mol. The highest BCUT2D eigenvalue weighted by Crippen LogP contribution is 2.23. The van der Waals surface area contributed by atoms with Crippen molar-refractivity contribution in [3.05, 3.63) is 33.3 Å². The second-order valence-corrected chi connectivity index (χ2v) is 5.88. The summed E-state index contributed by atoms with van der Waals surface area (Å²) in [7, 11) is 0. The van der Waals surface area contributed by atoms with Crippen LogP contribution in [0.1, 0.15) is 30.6 Å². The normalized spacial score (nSPS) is 12.3. The SMILES string of the molecule is CC(C)CC(NC(=O)c1ccc(Br)c(Cl)c1)C(=O)O. The highest BCUT2D eigenvalue weighted by atomic mass is 79.9. The molecule has 0 fully saturated rings. The monoisotopic (exact) mass is 347 g/mol. The van der Waals surface area contributed by atoms with Gasteiger partial charge in [-0.1, -0.05) is 25.4 Å². The summed E-state index contributed by atoms with van der Waals surface area (Å²) in [6.07, 6.45) is 0.380. The number of halogens is 2. The minimum absolute atomic E-state index is 0.176. The van der Waals surface area contributed by atoms with Crippen LogP contribution in [0.5, 0.6) is 0 Å². The fourth-order valence-electron chi connectivity index (χ4n) is 1.57. The fourth-order valence-corrected chi connectivity index (χ4v) is 2.00. The quantitative estimate of drug-likeness (QED) is 0.857. The van der Waals surface area contributed by atoms with Crippen molar-refractivity contribution in [2.45, 2.75) is 26.3 Å². The summed E-state index contributed by atoms with van der Waals surface area (Å²) >= 11 is 9.13. The number of hydrogen-bond acceptors (Lipinski definition) is 2. The van der Waals surface area contributed by atoms with Gasteiger partial charge in [0.15, 0.2) is 0 Å². The minimum Gasteiger partial charge on any atom is -0.480 e. The molecule has 1 unspecified atom stereocenters. The van der Waals surface area contributed by atoms with Gasteiger partial charge in [0.2, 0.25) is 0 Å². The Labute approximate surface area is 125 Å². The number of rotatable bonds is 5. The van der Waals surface area contributed by atoms with Crippen LogP contribution in [0.3, 0.4) is 0 Å². The van der Waals surface area contributed by atoms with Gasteiger partial charge in [0.1, 0.15) is 6.04 Å². The van der Waals surface area contributed by atoms with Crippen LogP contribution in [-0.4, -0.2) is 23.0 Å². The van der Waals surface area contributed by atoms with E-state index in [4.69, 9.17) is 16.7 Å². The van der Waals surface area contributed by atoms with Gasteiger partial charge in [0, 0.05) is 10.0 Å². The molecule has 0 heterocycles. The molecule has 1 amide bonds. The Morgan fingerprint density at radius 2 is 2.05 bits per heavy atom. The third kappa shape index (κ3) is 4.84. The minimum atomic E-state index is -1.04. The lowest BCUT2D eigenvalue weighted by Crippen LogP contribution is -2.41. The van der Waals surface area contributed by atoms with Crippen molar-refractivity contribution < 1.29 is 14.7 Å². The Morgan fingerprint density at radius 1 is 1.42 bits per heavy atom. The van der Waals surface area contributed by atoms with Crippen LogP contribution in [0, 0.1) is 5.92 Å². The van der Waals surface area contributed by atoms with Crippen LogP contribution in [-0.2, 0) is 4.79 Å². The Bertz CT molecular complexity index is 491. The lowest BCUT2D eigenvalue weighted by Gasteiger charge is -2.16. The van der Waals surface area contributed by atoms with Crippen LogP contribution in [0.4, 0.5) is 0 Å². The zero-order valence-corrected chi connectivity index (χ0v) is 13.0. The summed E-state index contributed by atoms with van der Waals surface area (Å²) in [5.41, 5.74) is 0.336. The van der Waals surface area contributed by atoms with E-state index in [9.17, 15) is 9.59 Å². The zero-order valence-electron chi connectivity index (χ0n) is 10.6. The Hall–Kier alpha value is -1.07. The Balaban J connectivity index is 2.81. The molecule has 1 aromatic rings. The lowest BCUT2D eigenvalue weighted by molar-refractivity contribution is -0.139. The van der Waals surface area contributed by atoms with E-state index >= 15 is 0 Å². The predicted octanol–water partition coefficient (Wildman–Crippen LogP) is 3.33. The molecule has 0 saturated carbocycles. The zero-order chi connectivity index (χ0) is 14.6. The first-order chi connectivity index (χ1) is 8.81. The van der Waals surface area contributed by atoms with Gasteiger partial charge in [0.05, 0.1) is 5.02 Å². The second kappa shape index (κ2) is 6.91. The van der Waals surface area contributed by atoms with Crippen molar-refractivity contribution in [1.82, 2.24) is 5.32 Å². The number of nitrogens with one attached hydrogen (secondary N) is 1. The summed E-state index contributed by atoms with van der Waals surface area (Å²) in [6.45, 7) is 3.80. The van der Waals surface area contributed by atoms with Gasteiger partial charge in [-0.15, -0.1) is 0 Å². The first-order valence-corrected chi connectivity index (χ1v) is 6.97. The molecule has 4 nitrogen and oxygen atoms in total. The number of carbonyl (C=O) groups excluding carboxylic acids is 1. The molecule has 1 rings (SSSR count). The van der Waals surface area contributed by atoms with E-state index in [1.54, 1.807) is 12.1 Å². The fraction of sp³-hybridized carbons (Fsp3) is 0.385. The largest absolute Gasteiger partial charge is 0.480 e. The van der Waals surface area contributed by atoms with E-state index < -0.39 is 17.9 Å². The third-order valence-electron chi connectivity index (χ3n) is 2.49. The Morgan fingerprint density at radius 3 is 2.53 bits per heavy atom. The van der Waals surface area contributed by atoms with Crippen LogP contribution in [0.25, 0.3) is 0 Å². The van der Waals surface area contributed by atoms with Crippen molar-refractivity contribution in [2.75, 3.05) is 0 Å². The van der Waals surface area contributed by atoms with Crippen molar-refractivity contribution in [3.8, 4) is 0 Å². The average molecular weight is 349 g/mol. The van der Waals surface area contributed by atoms with Crippen molar-refractivity contribution in [2.24, 2.45) is 5.92 Å². The Kier molecular flexibility index (Phi) is 5.82. The van der Waals surface area contributed by atoms with Crippen molar-refractivity contribution in [1.29, 1.82) is 0 Å². The number of amides is 1. The van der Waals surface area contributed by atoms with Gasteiger partial charge in [-0.2, -0.15) is 0 Å². The maximum atomic E-state index is 12.0. The maximum absolute atomic E-state index is 12.0. The molecule has 0 radical (unpaired) electrons. The lowest BCUT2D eigenvalue weighted by atomic mass is 10.0. The highest BCUT2D eigenvalue weighted by molar-refractivity contribution is 9.10. The predicted molar refractivity (Wildman–Crippen MR) is 77.5 cm³/mol. The summed E-state index contributed by atoms with van der Waals surface area (Å²) in [4.78, 5) is 23.0. The number of carboxylic acids is 1. The molecule has 1 atom stereocenters. The summed E-state index contributed by atoms with van der Waals surface area (Å²) < 4.78 is 0.683. The first kappa shape index (κ1) is 16.0. The van der Waals surface area contributed by atoms with E-state index in [0.29, 0.717) is 21.5 Å². The van der Waals surface area contributed by atoms with Crippen LogP contribution in [0.2, 0.25) is 5.02 Å². The van der Waals surface area contributed by atoms with Gasteiger partial charge in [-0.25, -0.2) is 4.79 Å². The number of aliphatic carboxylic acids is 1. The molecule has 6 heteroatoms. The number of carboxylic acid groups (broad SMARTS) is 1. The molecule has 0 aliphatic rings. The van der Waals surface area contributed by atoms with Crippen LogP contribution >= 0.6 is 27.5 Å². The van der Waals surface area contributed by atoms with E-state index in [1.807, 2.05) is 13.8 Å². The van der Waals surface area contributed by atoms with Gasteiger partial charge in [0.25, 0.3) is 5.91 Å². The van der Waals surface area contributed by atoms with Crippen molar-refractivity contribution >= 4 is 39.4 Å². The molecule has 1 aromatic carbocycles. The highest BCUT2D eigenvalue weighted by Gasteiger charge is 2.21. The van der Waals surface area contributed by atoms with E-state index in [1.165, 1.54) is 6.07 Å². The number of benzene rings is 1. The standard InChI is InChI=1S/C13H15BrClNO3/c1-7(2)5-11(13(18)19)16-12(17)8-3-4-9(14)10(15)6-8/h3-4,6-7,11H,5H2,1-2H3,(H,16,17)(H,18,19). The summed E-state index contributed by atoms with van der Waals surface area (Å²) in [5, 5.41) is 12.0. The molecule has 0 aliphatic heterocycles. The molecule has 19 heavy (non-hydrogen) atoms.